The van der Waals surface area contributed by atoms with Crippen LogP contribution >= 0.6 is 8.58 Å². The topological polar surface area (TPSA) is 63.2 Å². The molecule has 1 radical (unpaired) electrons. The summed E-state index contributed by atoms with van der Waals surface area (Å²) in [6, 6.07) is 9.18. The second-order valence-electron chi connectivity index (χ2n) is 8.95. The summed E-state index contributed by atoms with van der Waals surface area (Å²) in [4.78, 5) is 13.7. The standard InChI is InChI=1S/C30H45O6P.Li/c1-6-9-12-18-34-23-21-26(35-19-13-10-7-2)29(27(22-23)36-20-14-11-8-3)37-30(31)28-24(32-4)16-15-17-25(28)33-5;/h15-17,21-22,37H,6-14,18-20H2,1-5H3;. The second-order valence-corrected chi connectivity index (χ2v) is 10.2. The number of rotatable bonds is 20. The molecule has 8 heteroatoms. The Morgan fingerprint density at radius 1 is 0.684 bits per heavy atom. The summed E-state index contributed by atoms with van der Waals surface area (Å²) in [5, 5.41) is 0.756. The number of unbranched alkanes of at least 4 members (excludes halogenated alkanes) is 6. The second kappa shape index (κ2) is 20.1. The van der Waals surface area contributed by atoms with Crippen LogP contribution in [0.3, 0.4) is 0 Å². The van der Waals surface area contributed by atoms with Crippen molar-refractivity contribution in [1.29, 1.82) is 0 Å². The first kappa shape index (κ1) is 34.2. The number of hydrogen-bond acceptors (Lipinski definition) is 6. The van der Waals surface area contributed by atoms with E-state index >= 15 is 0 Å². The van der Waals surface area contributed by atoms with Crippen LogP contribution in [0.25, 0.3) is 0 Å². The van der Waals surface area contributed by atoms with Crippen LogP contribution in [0.4, 0.5) is 0 Å². The van der Waals surface area contributed by atoms with Crippen LogP contribution in [0.1, 0.15) is 88.9 Å². The summed E-state index contributed by atoms with van der Waals surface area (Å²) in [7, 11) is 2.89. The molecule has 0 aliphatic heterocycles. The van der Waals surface area contributed by atoms with Gasteiger partial charge in [0.05, 0.1) is 39.3 Å². The molecule has 0 bridgehead atoms. The first-order valence-electron chi connectivity index (χ1n) is 13.7. The molecule has 0 saturated heterocycles. The normalized spacial score (nSPS) is 10.8. The molecule has 0 spiro atoms. The Hall–Kier alpha value is -1.86. The maximum absolute atomic E-state index is 13.7. The monoisotopic (exact) mass is 539 g/mol. The van der Waals surface area contributed by atoms with Crippen molar-refractivity contribution in [1.82, 2.24) is 0 Å². The van der Waals surface area contributed by atoms with Crippen molar-refractivity contribution < 1.29 is 28.5 Å². The van der Waals surface area contributed by atoms with Crippen molar-refractivity contribution in [2.24, 2.45) is 0 Å². The molecular formula is C30H45LiO6P. The van der Waals surface area contributed by atoms with Gasteiger partial charge in [-0.2, -0.15) is 0 Å². The zero-order valence-corrected chi connectivity index (χ0v) is 25.3. The Balaban J connectivity index is 0.00000722. The van der Waals surface area contributed by atoms with E-state index in [1.165, 1.54) is 0 Å². The minimum absolute atomic E-state index is 0. The van der Waals surface area contributed by atoms with Gasteiger partial charge in [0.15, 0.2) is 5.52 Å². The third-order valence-electron chi connectivity index (χ3n) is 5.96. The van der Waals surface area contributed by atoms with Crippen molar-refractivity contribution in [2.75, 3.05) is 34.0 Å². The molecule has 0 aliphatic carbocycles. The molecule has 0 fully saturated rings. The van der Waals surface area contributed by atoms with Crippen LogP contribution in [-0.2, 0) is 0 Å². The Bertz CT molecular complexity index is 897. The van der Waals surface area contributed by atoms with Crippen LogP contribution in [0.2, 0.25) is 0 Å². The van der Waals surface area contributed by atoms with Gasteiger partial charge in [-0.25, -0.2) is 0 Å². The third kappa shape index (κ3) is 11.1. The molecule has 0 amide bonds. The predicted molar refractivity (Wildman–Crippen MR) is 159 cm³/mol. The average Bonchev–Trinajstić information content (AvgIpc) is 2.92. The van der Waals surface area contributed by atoms with Gasteiger partial charge in [0.2, 0.25) is 0 Å². The summed E-state index contributed by atoms with van der Waals surface area (Å²) >= 11 is 0. The molecule has 2 aromatic carbocycles. The summed E-state index contributed by atoms with van der Waals surface area (Å²) in [5.74, 6) is 2.99. The van der Waals surface area contributed by atoms with Crippen molar-refractivity contribution in [3.8, 4) is 28.7 Å². The van der Waals surface area contributed by atoms with Gasteiger partial charge >= 0.3 is 0 Å². The zero-order chi connectivity index (χ0) is 26.9. The van der Waals surface area contributed by atoms with Crippen molar-refractivity contribution in [2.45, 2.75) is 78.6 Å². The summed E-state index contributed by atoms with van der Waals surface area (Å²) in [5.41, 5.74) is 0.335. The van der Waals surface area contributed by atoms with Gasteiger partial charge < -0.3 is 23.7 Å². The van der Waals surface area contributed by atoms with Gasteiger partial charge in [-0.15, -0.1) is 0 Å². The molecule has 207 valence electrons. The van der Waals surface area contributed by atoms with E-state index in [9.17, 15) is 4.79 Å². The van der Waals surface area contributed by atoms with Crippen LogP contribution in [0, 0.1) is 0 Å². The first-order chi connectivity index (χ1) is 18.1. The van der Waals surface area contributed by atoms with Crippen LogP contribution in [0.5, 0.6) is 28.7 Å². The molecule has 0 N–H and O–H groups in total. The smallest absolute Gasteiger partial charge is 0.193 e. The fourth-order valence-electron chi connectivity index (χ4n) is 3.86. The average molecular weight is 540 g/mol. The first-order valence-corrected chi connectivity index (χ1v) is 14.7. The Morgan fingerprint density at radius 3 is 1.55 bits per heavy atom. The Kier molecular flexibility index (Phi) is 18.1. The molecule has 0 aromatic heterocycles. The van der Waals surface area contributed by atoms with E-state index in [4.69, 9.17) is 23.7 Å². The number of methoxy groups -OCH3 is 2. The van der Waals surface area contributed by atoms with E-state index in [-0.39, 0.29) is 33.0 Å². The molecular weight excluding hydrogens is 494 g/mol. The van der Waals surface area contributed by atoms with Gasteiger partial charge in [-0.3, -0.25) is 4.79 Å². The molecule has 0 aliphatic rings. The van der Waals surface area contributed by atoms with E-state index in [1.807, 2.05) is 18.2 Å². The minimum Gasteiger partial charge on any atom is -0.496 e. The maximum Gasteiger partial charge on any atom is 0.193 e. The largest absolute Gasteiger partial charge is 0.496 e. The molecule has 38 heavy (non-hydrogen) atoms. The van der Waals surface area contributed by atoms with Crippen molar-refractivity contribution >= 4 is 38.3 Å². The number of carbonyl (C=O) groups is 1. The molecule has 2 rings (SSSR count). The molecule has 6 nitrogen and oxygen atoms in total. The van der Waals surface area contributed by atoms with Crippen LogP contribution < -0.4 is 29.0 Å². The van der Waals surface area contributed by atoms with E-state index in [2.05, 4.69) is 20.8 Å². The van der Waals surface area contributed by atoms with Gasteiger partial charge in [-0.1, -0.05) is 65.4 Å². The summed E-state index contributed by atoms with van der Waals surface area (Å²) in [6.45, 7) is 8.29. The SMILES string of the molecule is CCCCCOc1cc(OCCCCC)c(PC(=O)c2c(OC)cccc2OC)c(OCCCCC)c1.[Li]. The van der Waals surface area contributed by atoms with E-state index in [0.29, 0.717) is 54.1 Å². The Morgan fingerprint density at radius 2 is 1.13 bits per heavy atom. The summed E-state index contributed by atoms with van der Waals surface area (Å²) in [6.07, 6.45) is 9.53. The summed E-state index contributed by atoms with van der Waals surface area (Å²) < 4.78 is 29.6. The Labute approximate surface area is 243 Å². The fourth-order valence-corrected chi connectivity index (χ4v) is 5.00. The number of benzene rings is 2. The number of ether oxygens (including phenoxy) is 5. The zero-order valence-electron chi connectivity index (χ0n) is 24.3. The quantitative estimate of drug-likeness (QED) is 0.101. The number of hydrogen-bond donors (Lipinski definition) is 0. The number of carbonyl (C=O) groups excluding carboxylic acids is 1. The fraction of sp³-hybridized carbons (Fsp3) is 0.567. The van der Waals surface area contributed by atoms with Crippen molar-refractivity contribution in [3.05, 3.63) is 35.9 Å². The van der Waals surface area contributed by atoms with Crippen molar-refractivity contribution in [3.63, 3.8) is 0 Å². The van der Waals surface area contributed by atoms with E-state index in [1.54, 1.807) is 26.4 Å². The van der Waals surface area contributed by atoms with Gasteiger partial charge in [-0.05, 0) is 40.0 Å². The van der Waals surface area contributed by atoms with E-state index in [0.717, 1.165) is 63.1 Å². The van der Waals surface area contributed by atoms with Crippen LogP contribution in [-0.4, -0.2) is 58.4 Å². The van der Waals surface area contributed by atoms with Gasteiger partial charge in [0.1, 0.15) is 34.3 Å². The molecule has 1 unspecified atom stereocenters. The predicted octanol–water partition coefficient (Wildman–Crippen LogP) is 7.17. The molecule has 0 saturated carbocycles. The molecule has 1 atom stereocenters. The molecule has 0 heterocycles. The van der Waals surface area contributed by atoms with Gasteiger partial charge in [0, 0.05) is 31.0 Å². The van der Waals surface area contributed by atoms with E-state index < -0.39 is 0 Å². The molecule has 2 aromatic rings. The van der Waals surface area contributed by atoms with Gasteiger partial charge in [0.25, 0.3) is 0 Å². The third-order valence-corrected chi connectivity index (χ3v) is 7.18. The van der Waals surface area contributed by atoms with Crippen LogP contribution in [0.15, 0.2) is 30.3 Å². The minimum atomic E-state index is -0.229. The maximum atomic E-state index is 13.7.